The van der Waals surface area contributed by atoms with Gasteiger partial charge in [-0.05, 0) is 55.5 Å². The molecule has 0 aromatic heterocycles. The third-order valence-electron chi connectivity index (χ3n) is 4.94. The zero-order valence-corrected chi connectivity index (χ0v) is 15.0. The van der Waals surface area contributed by atoms with Crippen LogP contribution in [-0.2, 0) is 6.54 Å². The minimum atomic E-state index is -0.410. The Labute approximate surface area is 149 Å². The van der Waals surface area contributed by atoms with Crippen LogP contribution in [0.1, 0.15) is 39.9 Å². The molecule has 1 fully saturated rings. The molecule has 0 radical (unpaired) electrons. The molecule has 4 heteroatoms. The molecule has 1 heterocycles. The van der Waals surface area contributed by atoms with E-state index in [9.17, 15) is 9.90 Å². The molecule has 1 aliphatic rings. The second kappa shape index (κ2) is 7.70. The summed E-state index contributed by atoms with van der Waals surface area (Å²) in [6.45, 7) is 6.03. The number of likely N-dealkylation sites (tertiary alicyclic amines) is 1. The van der Waals surface area contributed by atoms with Gasteiger partial charge in [0.1, 0.15) is 0 Å². The second-order valence-corrected chi connectivity index (χ2v) is 6.82. The average Bonchev–Trinajstić information content (AvgIpc) is 2.61. The Morgan fingerprint density at radius 2 is 1.88 bits per heavy atom. The van der Waals surface area contributed by atoms with Crippen molar-refractivity contribution in [2.24, 2.45) is 0 Å². The Kier molecular flexibility index (Phi) is 5.39. The standard InChI is InChI=1S/C21H26N2O2/c1-15-7-5-8-16(2)19(15)13-22-20-11-4-3-10-18(20)21(25)23-12-6-9-17(24)14-23/h3-5,7-8,10-11,17,22,24H,6,9,12-14H2,1-2H3. The van der Waals surface area contributed by atoms with E-state index in [0.29, 0.717) is 25.2 Å². The molecule has 1 atom stereocenters. The van der Waals surface area contributed by atoms with Crippen molar-refractivity contribution in [2.45, 2.75) is 39.3 Å². The predicted molar refractivity (Wildman–Crippen MR) is 101 cm³/mol. The third kappa shape index (κ3) is 4.02. The maximum atomic E-state index is 12.9. The summed E-state index contributed by atoms with van der Waals surface area (Å²) < 4.78 is 0. The Bertz CT molecular complexity index is 737. The normalized spacial score (nSPS) is 17.4. The molecule has 1 unspecified atom stereocenters. The number of rotatable bonds is 4. The fourth-order valence-corrected chi connectivity index (χ4v) is 3.44. The molecular weight excluding hydrogens is 312 g/mol. The molecule has 0 saturated carbocycles. The second-order valence-electron chi connectivity index (χ2n) is 6.82. The van der Waals surface area contributed by atoms with Crippen molar-refractivity contribution >= 4 is 11.6 Å². The maximum Gasteiger partial charge on any atom is 0.256 e. The van der Waals surface area contributed by atoms with Crippen molar-refractivity contribution in [1.82, 2.24) is 4.90 Å². The van der Waals surface area contributed by atoms with Crippen LogP contribution in [0.5, 0.6) is 0 Å². The highest BCUT2D eigenvalue weighted by molar-refractivity contribution is 5.99. The highest BCUT2D eigenvalue weighted by Crippen LogP contribution is 2.22. The minimum absolute atomic E-state index is 0.0108. The molecule has 2 aromatic carbocycles. The van der Waals surface area contributed by atoms with Crippen LogP contribution in [0.2, 0.25) is 0 Å². The molecule has 132 valence electrons. The van der Waals surface area contributed by atoms with Crippen LogP contribution in [0.4, 0.5) is 5.69 Å². The number of piperidine rings is 1. The van der Waals surface area contributed by atoms with Gasteiger partial charge in [-0.3, -0.25) is 4.79 Å². The van der Waals surface area contributed by atoms with E-state index in [4.69, 9.17) is 0 Å². The summed E-state index contributed by atoms with van der Waals surface area (Å²) >= 11 is 0. The van der Waals surface area contributed by atoms with Gasteiger partial charge in [-0.1, -0.05) is 30.3 Å². The first-order valence-electron chi connectivity index (χ1n) is 8.91. The Morgan fingerprint density at radius 1 is 1.16 bits per heavy atom. The van der Waals surface area contributed by atoms with Gasteiger partial charge in [-0.15, -0.1) is 0 Å². The Morgan fingerprint density at radius 3 is 2.60 bits per heavy atom. The van der Waals surface area contributed by atoms with E-state index >= 15 is 0 Å². The average molecular weight is 338 g/mol. The van der Waals surface area contributed by atoms with E-state index in [1.54, 1.807) is 4.90 Å². The van der Waals surface area contributed by atoms with Crippen LogP contribution < -0.4 is 5.32 Å². The van der Waals surface area contributed by atoms with E-state index in [-0.39, 0.29) is 5.91 Å². The van der Waals surface area contributed by atoms with Crippen LogP contribution >= 0.6 is 0 Å². The van der Waals surface area contributed by atoms with Gasteiger partial charge in [0.25, 0.3) is 5.91 Å². The van der Waals surface area contributed by atoms with Crippen LogP contribution in [-0.4, -0.2) is 35.1 Å². The fraction of sp³-hybridized carbons (Fsp3) is 0.381. The first-order chi connectivity index (χ1) is 12.1. The number of para-hydroxylation sites is 1. The van der Waals surface area contributed by atoms with Crippen molar-refractivity contribution in [3.05, 3.63) is 64.7 Å². The third-order valence-corrected chi connectivity index (χ3v) is 4.94. The van der Waals surface area contributed by atoms with Crippen molar-refractivity contribution < 1.29 is 9.90 Å². The molecule has 1 saturated heterocycles. The lowest BCUT2D eigenvalue weighted by atomic mass is 10.0. The lowest BCUT2D eigenvalue weighted by Crippen LogP contribution is -2.42. The smallest absolute Gasteiger partial charge is 0.256 e. The van der Waals surface area contributed by atoms with Gasteiger partial charge in [-0.25, -0.2) is 0 Å². The van der Waals surface area contributed by atoms with Gasteiger partial charge < -0.3 is 15.3 Å². The number of benzene rings is 2. The van der Waals surface area contributed by atoms with E-state index in [0.717, 1.165) is 18.5 Å². The van der Waals surface area contributed by atoms with Crippen molar-refractivity contribution in [3.63, 3.8) is 0 Å². The van der Waals surface area contributed by atoms with Gasteiger partial charge in [0.15, 0.2) is 0 Å². The molecular formula is C21H26N2O2. The van der Waals surface area contributed by atoms with Crippen LogP contribution in [0, 0.1) is 13.8 Å². The van der Waals surface area contributed by atoms with E-state index < -0.39 is 6.10 Å². The molecule has 2 aromatic rings. The molecule has 4 nitrogen and oxygen atoms in total. The number of carbonyl (C=O) groups is 1. The van der Waals surface area contributed by atoms with Gasteiger partial charge in [-0.2, -0.15) is 0 Å². The molecule has 0 aliphatic carbocycles. The highest BCUT2D eigenvalue weighted by atomic mass is 16.3. The Hall–Kier alpha value is -2.33. The molecule has 25 heavy (non-hydrogen) atoms. The number of carbonyl (C=O) groups excluding carboxylic acids is 1. The number of nitrogens with one attached hydrogen (secondary N) is 1. The molecule has 3 rings (SSSR count). The van der Waals surface area contributed by atoms with Crippen LogP contribution in [0.15, 0.2) is 42.5 Å². The predicted octanol–water partition coefficient (Wildman–Crippen LogP) is 3.51. The highest BCUT2D eigenvalue weighted by Gasteiger charge is 2.24. The van der Waals surface area contributed by atoms with Crippen molar-refractivity contribution in [1.29, 1.82) is 0 Å². The first kappa shape index (κ1) is 17.5. The number of aliphatic hydroxyl groups excluding tert-OH is 1. The summed E-state index contributed by atoms with van der Waals surface area (Å²) in [6, 6.07) is 13.9. The maximum absolute atomic E-state index is 12.9. The van der Waals surface area contributed by atoms with Crippen LogP contribution in [0.3, 0.4) is 0 Å². The number of β-amino-alcohol motifs (C(OH)–C–C–N with tert-alkyl or cyclic N) is 1. The van der Waals surface area contributed by atoms with Gasteiger partial charge in [0, 0.05) is 25.3 Å². The number of nitrogens with zero attached hydrogens (tertiary/aromatic N) is 1. The summed E-state index contributed by atoms with van der Waals surface area (Å²) in [6.07, 6.45) is 1.22. The summed E-state index contributed by atoms with van der Waals surface area (Å²) in [7, 11) is 0. The summed E-state index contributed by atoms with van der Waals surface area (Å²) in [5.74, 6) is -0.0108. The van der Waals surface area contributed by atoms with Gasteiger partial charge in [0.2, 0.25) is 0 Å². The molecule has 0 bridgehead atoms. The fourth-order valence-electron chi connectivity index (χ4n) is 3.44. The van der Waals surface area contributed by atoms with Gasteiger partial charge in [0.05, 0.1) is 11.7 Å². The van der Waals surface area contributed by atoms with Crippen molar-refractivity contribution in [3.8, 4) is 0 Å². The number of amides is 1. The number of aliphatic hydroxyl groups is 1. The van der Waals surface area contributed by atoms with E-state index in [1.807, 2.05) is 24.3 Å². The monoisotopic (exact) mass is 338 g/mol. The molecule has 1 aliphatic heterocycles. The quantitative estimate of drug-likeness (QED) is 0.897. The summed E-state index contributed by atoms with van der Waals surface area (Å²) in [4.78, 5) is 14.6. The van der Waals surface area contributed by atoms with E-state index in [2.05, 4.69) is 37.4 Å². The molecule has 0 spiro atoms. The van der Waals surface area contributed by atoms with Crippen molar-refractivity contribution in [2.75, 3.05) is 18.4 Å². The molecule has 2 N–H and O–H groups in total. The molecule has 1 amide bonds. The minimum Gasteiger partial charge on any atom is -0.391 e. The summed E-state index contributed by atoms with van der Waals surface area (Å²) in [5, 5.41) is 13.3. The first-order valence-corrected chi connectivity index (χ1v) is 8.91. The van der Waals surface area contributed by atoms with Gasteiger partial charge >= 0.3 is 0 Å². The number of anilines is 1. The Balaban J connectivity index is 1.78. The number of hydrogen-bond donors (Lipinski definition) is 2. The zero-order chi connectivity index (χ0) is 17.8. The number of aryl methyl sites for hydroxylation is 2. The zero-order valence-electron chi connectivity index (χ0n) is 15.0. The van der Waals surface area contributed by atoms with Crippen LogP contribution in [0.25, 0.3) is 0 Å². The largest absolute Gasteiger partial charge is 0.391 e. The summed E-state index contributed by atoms with van der Waals surface area (Å²) in [5.41, 5.74) is 5.27. The topological polar surface area (TPSA) is 52.6 Å². The SMILES string of the molecule is Cc1cccc(C)c1CNc1ccccc1C(=O)N1CCCC(O)C1. The lowest BCUT2D eigenvalue weighted by Gasteiger charge is -2.30. The lowest BCUT2D eigenvalue weighted by molar-refractivity contribution is 0.0474. The van der Waals surface area contributed by atoms with E-state index in [1.165, 1.54) is 16.7 Å². The number of hydrogen-bond acceptors (Lipinski definition) is 3.